The number of nitro groups is 1. The normalized spacial score (nSPS) is 15.0. The fraction of sp³-hybridized carbons (Fsp3) is 0.387. The van der Waals surface area contributed by atoms with Crippen LogP contribution in [0.5, 0.6) is 0 Å². The number of nitro benzene ring substituents is 1. The Balaban J connectivity index is 1.94. The number of hydrogen-bond acceptors (Lipinski definition) is 9. The summed E-state index contributed by atoms with van der Waals surface area (Å²) in [4.78, 5) is 45.8. The number of methoxy groups -OCH3 is 1. The van der Waals surface area contributed by atoms with Gasteiger partial charge in [-0.1, -0.05) is 49.4 Å². The second kappa shape index (κ2) is 13.3. The lowest BCUT2D eigenvalue weighted by molar-refractivity contribution is -0.384. The van der Waals surface area contributed by atoms with Gasteiger partial charge >= 0.3 is 5.97 Å². The first-order chi connectivity index (χ1) is 20.1. The Hall–Kier alpha value is -4.09. The number of hydrogen-bond donors (Lipinski definition) is 0. The summed E-state index contributed by atoms with van der Waals surface area (Å²) >= 11 is 1.19. The second-order valence-corrected chi connectivity index (χ2v) is 11.2. The van der Waals surface area contributed by atoms with Crippen LogP contribution in [0.25, 0.3) is 6.08 Å². The Labute approximate surface area is 248 Å². The Morgan fingerprint density at radius 3 is 2.45 bits per heavy atom. The van der Waals surface area contributed by atoms with Crippen molar-refractivity contribution in [1.82, 2.24) is 4.57 Å². The molecule has 0 fully saturated rings. The predicted molar refractivity (Wildman–Crippen MR) is 164 cm³/mol. The summed E-state index contributed by atoms with van der Waals surface area (Å²) < 4.78 is 12.4. The van der Waals surface area contributed by atoms with Crippen LogP contribution in [0.2, 0.25) is 0 Å². The van der Waals surface area contributed by atoms with Crippen molar-refractivity contribution in [3.05, 3.63) is 100 Å². The van der Waals surface area contributed by atoms with Gasteiger partial charge in [0.1, 0.15) is 6.61 Å². The molecule has 0 radical (unpaired) electrons. The number of carbonyl (C=O) groups is 1. The largest absolute Gasteiger partial charge is 0.460 e. The van der Waals surface area contributed by atoms with Crippen molar-refractivity contribution < 1.29 is 19.2 Å². The minimum atomic E-state index is -0.757. The van der Waals surface area contributed by atoms with E-state index in [4.69, 9.17) is 9.47 Å². The fourth-order valence-corrected chi connectivity index (χ4v) is 6.06. The predicted octanol–water partition coefficient (Wildman–Crippen LogP) is 4.30. The first-order valence-electron chi connectivity index (χ1n) is 13.9. The van der Waals surface area contributed by atoms with Crippen molar-refractivity contribution in [2.75, 3.05) is 38.3 Å². The number of carbonyl (C=O) groups excluding carboxylic acids is 1. The summed E-state index contributed by atoms with van der Waals surface area (Å²) in [6.07, 6.45) is 1.68. The lowest BCUT2D eigenvalue weighted by Crippen LogP contribution is -2.40. The van der Waals surface area contributed by atoms with Gasteiger partial charge in [-0.2, -0.15) is 0 Å². The van der Waals surface area contributed by atoms with E-state index in [1.54, 1.807) is 19.1 Å². The molecule has 222 valence electrons. The number of ether oxygens (including phenoxy) is 2. The summed E-state index contributed by atoms with van der Waals surface area (Å²) in [6.45, 7) is 11.6. The van der Waals surface area contributed by atoms with Crippen molar-refractivity contribution in [2.45, 2.75) is 46.6 Å². The molecule has 0 N–H and O–H groups in total. The van der Waals surface area contributed by atoms with Crippen molar-refractivity contribution in [1.29, 1.82) is 0 Å². The number of benzene rings is 2. The average Bonchev–Trinajstić information content (AvgIpc) is 3.27. The van der Waals surface area contributed by atoms with Crippen LogP contribution in [0.3, 0.4) is 0 Å². The SMILES string of the molecule is CCN(CC)c1ccc([N+](=O)[O-])cc1C=c1sc2n(c1=O)C(c1ccc(C(C)C)cc1)C(C(=O)OCCOC)=C(C)N=2. The van der Waals surface area contributed by atoms with Gasteiger partial charge in [-0.05, 0) is 50.0 Å². The van der Waals surface area contributed by atoms with Gasteiger partial charge in [0.25, 0.3) is 11.2 Å². The maximum Gasteiger partial charge on any atom is 0.338 e. The Kier molecular flexibility index (Phi) is 9.74. The fourth-order valence-electron chi connectivity index (χ4n) is 5.02. The molecule has 1 aliphatic heterocycles. The van der Waals surface area contributed by atoms with Gasteiger partial charge in [0.15, 0.2) is 4.80 Å². The smallest absolute Gasteiger partial charge is 0.338 e. The van der Waals surface area contributed by atoms with Crippen LogP contribution < -0.4 is 19.8 Å². The monoisotopic (exact) mass is 592 g/mol. The third kappa shape index (κ3) is 6.22. The molecule has 0 aliphatic carbocycles. The number of rotatable bonds is 11. The minimum Gasteiger partial charge on any atom is -0.460 e. The molecule has 0 bridgehead atoms. The van der Waals surface area contributed by atoms with E-state index in [1.165, 1.54) is 35.1 Å². The van der Waals surface area contributed by atoms with E-state index < -0.39 is 16.9 Å². The van der Waals surface area contributed by atoms with Gasteiger partial charge in [0, 0.05) is 43.6 Å². The second-order valence-electron chi connectivity index (χ2n) is 10.2. The maximum absolute atomic E-state index is 14.1. The molecule has 1 unspecified atom stereocenters. The summed E-state index contributed by atoms with van der Waals surface area (Å²) in [7, 11) is 1.52. The standard InChI is InChI=1S/C31H36N4O6S/c1-7-33(8-2)25-14-13-24(35(38)39)17-23(25)18-26-29(36)34-28(22-11-9-21(10-12-22)19(3)4)27(20(5)32-31(34)42-26)30(37)41-16-15-40-6/h9-14,17-19,28H,7-8,15-16H2,1-6H3. The summed E-state index contributed by atoms with van der Waals surface area (Å²) in [5, 5.41) is 11.6. The number of nitrogens with zero attached hydrogens (tertiary/aromatic N) is 4. The van der Waals surface area contributed by atoms with Crippen molar-refractivity contribution >= 4 is 34.8 Å². The van der Waals surface area contributed by atoms with Gasteiger partial charge in [0.05, 0.1) is 33.4 Å². The lowest BCUT2D eigenvalue weighted by atomic mass is 9.93. The minimum absolute atomic E-state index is 0.0648. The molecular weight excluding hydrogens is 556 g/mol. The van der Waals surface area contributed by atoms with Gasteiger partial charge in [-0.25, -0.2) is 9.79 Å². The van der Waals surface area contributed by atoms with Crippen LogP contribution in [-0.4, -0.2) is 48.9 Å². The highest BCUT2D eigenvalue weighted by Crippen LogP contribution is 2.32. The third-order valence-electron chi connectivity index (χ3n) is 7.29. The van der Waals surface area contributed by atoms with E-state index in [0.29, 0.717) is 39.6 Å². The quantitative estimate of drug-likeness (QED) is 0.141. The number of esters is 1. The number of fused-ring (bicyclic) bond motifs is 1. The average molecular weight is 593 g/mol. The molecule has 42 heavy (non-hydrogen) atoms. The van der Waals surface area contributed by atoms with Crippen LogP contribution in [0.1, 0.15) is 63.3 Å². The molecule has 1 atom stereocenters. The first kappa shape index (κ1) is 30.9. The molecule has 0 amide bonds. The van der Waals surface area contributed by atoms with Crippen molar-refractivity contribution in [2.24, 2.45) is 4.99 Å². The molecule has 2 heterocycles. The van der Waals surface area contributed by atoms with Crippen LogP contribution >= 0.6 is 11.3 Å². The van der Waals surface area contributed by atoms with Gasteiger partial charge < -0.3 is 14.4 Å². The Morgan fingerprint density at radius 2 is 1.86 bits per heavy atom. The highest BCUT2D eigenvalue weighted by molar-refractivity contribution is 7.07. The molecule has 10 nitrogen and oxygen atoms in total. The van der Waals surface area contributed by atoms with Crippen molar-refractivity contribution in [3.8, 4) is 0 Å². The summed E-state index contributed by atoms with van der Waals surface area (Å²) in [5.74, 6) is -0.255. The Morgan fingerprint density at radius 1 is 1.17 bits per heavy atom. The highest BCUT2D eigenvalue weighted by Gasteiger charge is 2.33. The van der Waals surface area contributed by atoms with E-state index in [2.05, 4.69) is 23.7 Å². The molecular formula is C31H36N4O6S. The summed E-state index contributed by atoms with van der Waals surface area (Å²) in [5.41, 5.74) is 3.56. The van der Waals surface area contributed by atoms with E-state index in [9.17, 15) is 19.7 Å². The molecule has 2 aromatic carbocycles. The molecule has 0 saturated heterocycles. The van der Waals surface area contributed by atoms with Gasteiger partial charge in [-0.15, -0.1) is 0 Å². The Bertz CT molecular complexity index is 1680. The molecule has 11 heteroatoms. The van der Waals surface area contributed by atoms with Crippen LogP contribution in [0.15, 0.2) is 63.5 Å². The first-order valence-corrected chi connectivity index (χ1v) is 14.7. The number of aromatic nitrogens is 1. The number of allylic oxidation sites excluding steroid dienone is 1. The molecule has 0 saturated carbocycles. The third-order valence-corrected chi connectivity index (χ3v) is 8.28. The zero-order chi connectivity index (χ0) is 30.6. The van der Waals surface area contributed by atoms with Gasteiger partial charge in [-0.3, -0.25) is 19.5 Å². The van der Waals surface area contributed by atoms with Crippen LogP contribution in [0.4, 0.5) is 11.4 Å². The van der Waals surface area contributed by atoms with Crippen LogP contribution in [0, 0.1) is 10.1 Å². The van der Waals surface area contributed by atoms with E-state index >= 15 is 0 Å². The summed E-state index contributed by atoms with van der Waals surface area (Å²) in [6, 6.07) is 11.8. The zero-order valence-electron chi connectivity index (χ0n) is 24.7. The number of anilines is 1. The zero-order valence-corrected chi connectivity index (χ0v) is 25.6. The lowest BCUT2D eigenvalue weighted by Gasteiger charge is -2.25. The highest BCUT2D eigenvalue weighted by atomic mass is 32.1. The molecule has 1 aliphatic rings. The van der Waals surface area contributed by atoms with Crippen molar-refractivity contribution in [3.63, 3.8) is 0 Å². The topological polar surface area (TPSA) is 116 Å². The number of thiazole rings is 1. The van der Waals surface area contributed by atoms with E-state index in [-0.39, 0.29) is 30.0 Å². The molecule has 3 aromatic rings. The molecule has 1 aromatic heterocycles. The van der Waals surface area contributed by atoms with Crippen LogP contribution in [-0.2, 0) is 14.3 Å². The number of non-ortho nitro benzene ring substituents is 1. The molecule has 4 rings (SSSR count). The van der Waals surface area contributed by atoms with E-state index in [0.717, 1.165) is 16.8 Å². The maximum atomic E-state index is 14.1. The molecule has 0 spiro atoms. The van der Waals surface area contributed by atoms with E-state index in [1.807, 2.05) is 38.1 Å². The van der Waals surface area contributed by atoms with Gasteiger partial charge in [0.2, 0.25) is 0 Å².